The minimum Gasteiger partial charge on any atom is -0.478 e. The average Bonchev–Trinajstić information content (AvgIpc) is 2.51. The Bertz CT molecular complexity index is 628. The van der Waals surface area contributed by atoms with Crippen molar-refractivity contribution in [2.24, 2.45) is 0 Å². The highest BCUT2D eigenvalue weighted by Crippen LogP contribution is 2.23. The van der Waals surface area contributed by atoms with E-state index in [1.54, 1.807) is 6.07 Å². The quantitative estimate of drug-likeness (QED) is 0.387. The fourth-order valence-electron chi connectivity index (χ4n) is 2.49. The molecule has 25 heavy (non-hydrogen) atoms. The number of benzene rings is 1. The van der Waals surface area contributed by atoms with Crippen LogP contribution in [0.15, 0.2) is 29.8 Å². The van der Waals surface area contributed by atoms with Crippen molar-refractivity contribution in [1.82, 2.24) is 0 Å². The lowest BCUT2D eigenvalue weighted by atomic mass is 10.0. The van der Waals surface area contributed by atoms with Gasteiger partial charge in [0.05, 0.1) is 6.10 Å². The molecule has 1 rings (SSSR count). The highest BCUT2D eigenvalue weighted by Gasteiger charge is 2.15. The van der Waals surface area contributed by atoms with Gasteiger partial charge in [-0.1, -0.05) is 48.5 Å². The fourth-order valence-corrected chi connectivity index (χ4v) is 2.99. The number of aliphatic hydroxyl groups is 1. The van der Waals surface area contributed by atoms with Crippen LogP contribution in [0.2, 0.25) is 10.0 Å². The Labute approximate surface area is 156 Å². The molecule has 0 aliphatic heterocycles. The van der Waals surface area contributed by atoms with Gasteiger partial charge in [-0.05, 0) is 37.0 Å². The summed E-state index contributed by atoms with van der Waals surface area (Å²) in [4.78, 5) is 21.5. The molecular weight excluding hydrogens is 367 g/mol. The van der Waals surface area contributed by atoms with Gasteiger partial charge in [-0.15, -0.1) is 0 Å². The lowest BCUT2D eigenvalue weighted by molar-refractivity contribution is -0.135. The lowest BCUT2D eigenvalue weighted by Gasteiger charge is -2.10. The van der Waals surface area contributed by atoms with E-state index >= 15 is 0 Å². The zero-order valence-corrected chi connectivity index (χ0v) is 15.3. The molecule has 5 nitrogen and oxygen atoms in total. The van der Waals surface area contributed by atoms with Gasteiger partial charge in [0.1, 0.15) is 0 Å². The van der Waals surface area contributed by atoms with Gasteiger partial charge in [-0.2, -0.15) is 0 Å². The van der Waals surface area contributed by atoms with Gasteiger partial charge in [0.2, 0.25) is 0 Å². The standard InChI is InChI=1S/C18H22Cl2O5/c19-14-8-7-12(16(20)11-14)5-3-1-2-4-6-15(21)9-13(18(24)25)10-17(22)23/h7-8,10-11,15,21H,1-6,9H2,(H,22,23)(H,24,25)/b13-10+. The molecule has 0 bridgehead atoms. The first-order valence-corrected chi connectivity index (χ1v) is 8.84. The van der Waals surface area contributed by atoms with Gasteiger partial charge in [0.25, 0.3) is 0 Å². The Morgan fingerprint density at radius 3 is 2.36 bits per heavy atom. The second-order valence-corrected chi connectivity index (χ2v) is 6.70. The second kappa shape index (κ2) is 11.1. The highest BCUT2D eigenvalue weighted by atomic mass is 35.5. The maximum atomic E-state index is 10.9. The third-order valence-corrected chi connectivity index (χ3v) is 4.36. The molecule has 0 aliphatic carbocycles. The molecule has 1 aromatic rings. The largest absolute Gasteiger partial charge is 0.478 e. The third kappa shape index (κ3) is 8.91. The number of unbranched alkanes of at least 4 members (excludes halogenated alkanes) is 3. The number of carboxylic acids is 2. The molecule has 138 valence electrons. The molecule has 0 radical (unpaired) electrons. The summed E-state index contributed by atoms with van der Waals surface area (Å²) in [6.45, 7) is 0. The molecule has 1 unspecified atom stereocenters. The molecule has 0 saturated carbocycles. The molecule has 0 fully saturated rings. The normalized spacial score (nSPS) is 12.8. The number of carbonyl (C=O) groups is 2. The van der Waals surface area contributed by atoms with Crippen LogP contribution < -0.4 is 0 Å². The number of aliphatic hydroxyl groups excluding tert-OH is 1. The predicted molar refractivity (Wildman–Crippen MR) is 97.2 cm³/mol. The van der Waals surface area contributed by atoms with E-state index in [-0.39, 0.29) is 12.0 Å². The molecule has 0 aliphatic rings. The molecule has 0 heterocycles. The summed E-state index contributed by atoms with van der Waals surface area (Å²) in [6, 6.07) is 5.44. The zero-order chi connectivity index (χ0) is 18.8. The Morgan fingerprint density at radius 1 is 1.08 bits per heavy atom. The maximum Gasteiger partial charge on any atom is 0.331 e. The van der Waals surface area contributed by atoms with Crippen molar-refractivity contribution in [3.05, 3.63) is 45.5 Å². The van der Waals surface area contributed by atoms with E-state index in [9.17, 15) is 14.7 Å². The van der Waals surface area contributed by atoms with Gasteiger partial charge < -0.3 is 15.3 Å². The van der Waals surface area contributed by atoms with Crippen LogP contribution in [0.3, 0.4) is 0 Å². The summed E-state index contributed by atoms with van der Waals surface area (Å²) in [5.41, 5.74) is 0.758. The van der Waals surface area contributed by atoms with Gasteiger partial charge in [0.15, 0.2) is 0 Å². The molecule has 7 heteroatoms. The fraction of sp³-hybridized carbons (Fsp3) is 0.444. The van der Waals surface area contributed by atoms with Gasteiger partial charge in [0, 0.05) is 28.1 Å². The van der Waals surface area contributed by atoms with Crippen molar-refractivity contribution < 1.29 is 24.9 Å². The van der Waals surface area contributed by atoms with E-state index in [1.807, 2.05) is 12.1 Å². The van der Waals surface area contributed by atoms with Crippen molar-refractivity contribution >= 4 is 35.1 Å². The summed E-state index contributed by atoms with van der Waals surface area (Å²) in [6.07, 6.45) is 4.45. The SMILES string of the molecule is O=C(O)/C=C(\CC(O)CCCCCCc1ccc(Cl)cc1Cl)C(=O)O. The van der Waals surface area contributed by atoms with Crippen molar-refractivity contribution in [3.63, 3.8) is 0 Å². The number of rotatable bonds is 11. The van der Waals surface area contributed by atoms with Crippen LogP contribution in [0.1, 0.15) is 44.1 Å². The van der Waals surface area contributed by atoms with Crippen LogP contribution in [-0.4, -0.2) is 33.4 Å². The van der Waals surface area contributed by atoms with E-state index < -0.39 is 18.0 Å². The summed E-state index contributed by atoms with van der Waals surface area (Å²) in [7, 11) is 0. The number of aliphatic carboxylic acids is 2. The monoisotopic (exact) mass is 388 g/mol. The van der Waals surface area contributed by atoms with Crippen molar-refractivity contribution in [3.8, 4) is 0 Å². The maximum absolute atomic E-state index is 10.9. The topological polar surface area (TPSA) is 94.8 Å². The Morgan fingerprint density at radius 2 is 1.76 bits per heavy atom. The van der Waals surface area contributed by atoms with Crippen LogP contribution in [0, 0.1) is 0 Å². The van der Waals surface area contributed by atoms with E-state index in [1.165, 1.54) is 0 Å². The van der Waals surface area contributed by atoms with Crippen molar-refractivity contribution in [2.45, 2.75) is 51.0 Å². The van der Waals surface area contributed by atoms with E-state index in [2.05, 4.69) is 0 Å². The Balaban J connectivity index is 2.24. The van der Waals surface area contributed by atoms with Gasteiger partial charge in [-0.3, -0.25) is 0 Å². The molecule has 1 atom stereocenters. The predicted octanol–water partition coefficient (Wildman–Crippen LogP) is 4.33. The number of hydrogen-bond acceptors (Lipinski definition) is 3. The summed E-state index contributed by atoms with van der Waals surface area (Å²) in [5, 5.41) is 28.6. The first kappa shape index (κ1) is 21.5. The smallest absolute Gasteiger partial charge is 0.331 e. The van der Waals surface area contributed by atoms with E-state index in [0.717, 1.165) is 37.7 Å². The molecule has 0 aromatic heterocycles. The molecule has 0 saturated heterocycles. The number of aryl methyl sites for hydroxylation is 1. The van der Waals surface area contributed by atoms with Gasteiger partial charge >= 0.3 is 11.9 Å². The minimum atomic E-state index is -1.33. The van der Waals surface area contributed by atoms with Gasteiger partial charge in [-0.25, -0.2) is 9.59 Å². The molecule has 0 spiro atoms. The third-order valence-electron chi connectivity index (χ3n) is 3.78. The average molecular weight is 389 g/mol. The summed E-state index contributed by atoms with van der Waals surface area (Å²) >= 11 is 12.0. The number of halogens is 2. The molecule has 1 aromatic carbocycles. The number of carboxylic acid groups (broad SMARTS) is 2. The van der Waals surface area contributed by atoms with E-state index in [4.69, 9.17) is 33.4 Å². The number of hydrogen-bond donors (Lipinski definition) is 3. The summed E-state index contributed by atoms with van der Waals surface area (Å²) in [5.74, 6) is -2.65. The van der Waals surface area contributed by atoms with Crippen molar-refractivity contribution in [1.29, 1.82) is 0 Å². The first-order valence-electron chi connectivity index (χ1n) is 8.08. The zero-order valence-electron chi connectivity index (χ0n) is 13.8. The molecular formula is C18H22Cl2O5. The highest BCUT2D eigenvalue weighted by molar-refractivity contribution is 6.35. The van der Waals surface area contributed by atoms with Crippen molar-refractivity contribution in [2.75, 3.05) is 0 Å². The van der Waals surface area contributed by atoms with E-state index in [0.29, 0.717) is 22.5 Å². The van der Waals surface area contributed by atoms with Crippen LogP contribution in [0.25, 0.3) is 0 Å². The lowest BCUT2D eigenvalue weighted by Crippen LogP contribution is -2.13. The minimum absolute atomic E-state index is 0.165. The second-order valence-electron chi connectivity index (χ2n) is 5.86. The Kier molecular flexibility index (Phi) is 9.57. The van der Waals surface area contributed by atoms with Crippen LogP contribution in [-0.2, 0) is 16.0 Å². The van der Waals surface area contributed by atoms with Crippen LogP contribution in [0.4, 0.5) is 0 Å². The molecule has 0 amide bonds. The first-order chi connectivity index (χ1) is 11.8. The van der Waals surface area contributed by atoms with Crippen LogP contribution >= 0.6 is 23.2 Å². The Hall–Kier alpha value is -1.56. The van der Waals surface area contributed by atoms with Crippen LogP contribution in [0.5, 0.6) is 0 Å². The molecule has 3 N–H and O–H groups in total. The summed E-state index contributed by atoms with van der Waals surface area (Å²) < 4.78 is 0.